The zero-order valence-corrected chi connectivity index (χ0v) is 14.2. The van der Waals surface area contributed by atoms with Crippen molar-refractivity contribution in [2.45, 2.75) is 18.9 Å². The molecule has 6 nitrogen and oxygen atoms in total. The topological polar surface area (TPSA) is 79.4 Å². The van der Waals surface area contributed by atoms with Crippen LogP contribution in [0.3, 0.4) is 0 Å². The highest BCUT2D eigenvalue weighted by molar-refractivity contribution is 7.88. The molecule has 1 fully saturated rings. The van der Waals surface area contributed by atoms with Crippen molar-refractivity contribution < 1.29 is 13.2 Å². The summed E-state index contributed by atoms with van der Waals surface area (Å²) in [6.45, 7) is 0.386. The van der Waals surface area contributed by atoms with Crippen LogP contribution in [-0.2, 0) is 14.8 Å². The first-order valence-electron chi connectivity index (χ1n) is 7.74. The highest BCUT2D eigenvalue weighted by Crippen LogP contribution is 2.22. The molecule has 2 heterocycles. The number of carbonyl (C=O) groups is 1. The highest BCUT2D eigenvalue weighted by atomic mass is 32.2. The van der Waals surface area contributed by atoms with Gasteiger partial charge in [0.25, 0.3) is 0 Å². The van der Waals surface area contributed by atoms with E-state index in [0.29, 0.717) is 25.2 Å². The Morgan fingerprint density at radius 2 is 1.92 bits per heavy atom. The highest BCUT2D eigenvalue weighted by Gasteiger charge is 2.36. The number of nitrogens with one attached hydrogen (secondary N) is 1. The normalized spacial score (nSPS) is 18.5. The third-order valence-corrected chi connectivity index (χ3v) is 5.34. The van der Waals surface area contributed by atoms with Crippen molar-refractivity contribution in [1.29, 1.82) is 0 Å². The summed E-state index contributed by atoms with van der Waals surface area (Å²) >= 11 is 0. The van der Waals surface area contributed by atoms with E-state index in [1.54, 1.807) is 12.3 Å². The Bertz CT molecular complexity index is 820. The van der Waals surface area contributed by atoms with Gasteiger partial charge in [-0.2, -0.15) is 4.31 Å². The lowest BCUT2D eigenvalue weighted by molar-refractivity contribution is -0.119. The van der Waals surface area contributed by atoms with Crippen molar-refractivity contribution >= 4 is 21.7 Å². The molecular formula is C17H19N3O3S. The lowest BCUT2D eigenvalue weighted by Crippen LogP contribution is -2.42. The fourth-order valence-corrected chi connectivity index (χ4v) is 4.00. The number of rotatable bonds is 4. The van der Waals surface area contributed by atoms with Crippen LogP contribution in [0.2, 0.25) is 0 Å². The summed E-state index contributed by atoms with van der Waals surface area (Å²) < 4.78 is 24.7. The van der Waals surface area contributed by atoms with Crippen LogP contribution in [0.15, 0.2) is 48.7 Å². The molecule has 1 aromatic heterocycles. The standard InChI is InChI=1S/C17H19N3O3S/c1-24(22,23)20-11-5-8-15(20)17(21)19-16-10-9-14(12-18-16)13-6-3-2-4-7-13/h2-4,6-7,9-10,12,15H,5,8,11H2,1H3,(H,18,19,21). The Morgan fingerprint density at radius 3 is 2.54 bits per heavy atom. The van der Waals surface area contributed by atoms with Crippen molar-refractivity contribution in [3.63, 3.8) is 0 Å². The summed E-state index contributed by atoms with van der Waals surface area (Å²) in [4.78, 5) is 16.6. The quantitative estimate of drug-likeness (QED) is 0.920. The van der Waals surface area contributed by atoms with Crippen molar-refractivity contribution in [3.05, 3.63) is 48.7 Å². The zero-order valence-electron chi connectivity index (χ0n) is 13.3. The maximum absolute atomic E-state index is 12.4. The van der Waals surface area contributed by atoms with E-state index in [4.69, 9.17) is 0 Å². The van der Waals surface area contributed by atoms with Crippen molar-refractivity contribution in [1.82, 2.24) is 9.29 Å². The number of carbonyl (C=O) groups excluding carboxylic acids is 1. The van der Waals surface area contributed by atoms with Crippen LogP contribution in [0.4, 0.5) is 5.82 Å². The third-order valence-electron chi connectivity index (χ3n) is 4.05. The van der Waals surface area contributed by atoms with Gasteiger partial charge in [-0.05, 0) is 30.5 Å². The predicted molar refractivity (Wildman–Crippen MR) is 92.9 cm³/mol. The van der Waals surface area contributed by atoms with Gasteiger partial charge in [-0.15, -0.1) is 0 Å². The van der Waals surface area contributed by atoms with Gasteiger partial charge in [-0.25, -0.2) is 13.4 Å². The zero-order chi connectivity index (χ0) is 17.2. The molecular weight excluding hydrogens is 326 g/mol. The Balaban J connectivity index is 1.71. The maximum atomic E-state index is 12.4. The van der Waals surface area contributed by atoms with Crippen molar-refractivity contribution in [2.75, 3.05) is 18.1 Å². The van der Waals surface area contributed by atoms with Crippen LogP contribution in [0, 0.1) is 0 Å². The predicted octanol–water partition coefficient (Wildman–Crippen LogP) is 2.11. The summed E-state index contributed by atoms with van der Waals surface area (Å²) in [7, 11) is -3.38. The number of benzene rings is 1. The molecule has 1 aromatic carbocycles. The Kier molecular flexibility index (Phi) is 4.64. The third kappa shape index (κ3) is 3.63. The first-order valence-corrected chi connectivity index (χ1v) is 9.59. The monoisotopic (exact) mass is 345 g/mol. The second-order valence-corrected chi connectivity index (χ2v) is 7.75. The van der Waals surface area contributed by atoms with Crippen molar-refractivity contribution in [3.8, 4) is 11.1 Å². The minimum atomic E-state index is -3.38. The van der Waals surface area contributed by atoms with Crippen LogP contribution in [-0.4, -0.2) is 42.5 Å². The SMILES string of the molecule is CS(=O)(=O)N1CCCC1C(=O)Nc1ccc(-c2ccccc2)cn1. The average molecular weight is 345 g/mol. The van der Waals surface area contributed by atoms with E-state index >= 15 is 0 Å². The summed E-state index contributed by atoms with van der Waals surface area (Å²) in [6, 6.07) is 12.8. The summed E-state index contributed by atoms with van der Waals surface area (Å²) in [5, 5.41) is 2.71. The van der Waals surface area contributed by atoms with Gasteiger partial charge in [0.05, 0.1) is 6.26 Å². The van der Waals surface area contributed by atoms with E-state index in [9.17, 15) is 13.2 Å². The minimum Gasteiger partial charge on any atom is -0.309 e. The van der Waals surface area contributed by atoms with Crippen LogP contribution >= 0.6 is 0 Å². The van der Waals surface area contributed by atoms with E-state index in [1.165, 1.54) is 4.31 Å². The summed E-state index contributed by atoms with van der Waals surface area (Å²) in [6.07, 6.45) is 4.03. The summed E-state index contributed by atoms with van der Waals surface area (Å²) in [5.41, 5.74) is 1.99. The second kappa shape index (κ2) is 6.70. The Labute approximate surface area is 141 Å². The first kappa shape index (κ1) is 16.6. The maximum Gasteiger partial charge on any atom is 0.243 e. The Hall–Kier alpha value is -2.25. The van der Waals surface area contributed by atoms with Gasteiger partial charge in [0, 0.05) is 18.3 Å². The van der Waals surface area contributed by atoms with Gasteiger partial charge in [-0.3, -0.25) is 4.79 Å². The minimum absolute atomic E-state index is 0.335. The lowest BCUT2D eigenvalue weighted by atomic mass is 10.1. The Morgan fingerprint density at radius 1 is 1.17 bits per heavy atom. The molecule has 24 heavy (non-hydrogen) atoms. The first-order chi connectivity index (χ1) is 11.4. The van der Waals surface area contributed by atoms with Gasteiger partial charge in [0.15, 0.2) is 0 Å². The fourth-order valence-electron chi connectivity index (χ4n) is 2.88. The van der Waals surface area contributed by atoms with E-state index in [-0.39, 0.29) is 5.91 Å². The van der Waals surface area contributed by atoms with Gasteiger partial charge >= 0.3 is 0 Å². The smallest absolute Gasteiger partial charge is 0.243 e. The molecule has 0 aliphatic carbocycles. The van der Waals surface area contributed by atoms with E-state index < -0.39 is 16.1 Å². The molecule has 0 radical (unpaired) electrons. The molecule has 7 heteroatoms. The molecule has 0 bridgehead atoms. The number of hydrogen-bond donors (Lipinski definition) is 1. The average Bonchev–Trinajstić information content (AvgIpc) is 3.06. The second-order valence-electron chi connectivity index (χ2n) is 5.82. The van der Waals surface area contributed by atoms with Gasteiger partial charge in [-0.1, -0.05) is 30.3 Å². The molecule has 1 N–H and O–H groups in total. The largest absolute Gasteiger partial charge is 0.309 e. The number of amides is 1. The van der Waals surface area contributed by atoms with Crippen LogP contribution in [0.1, 0.15) is 12.8 Å². The number of pyridine rings is 1. The number of anilines is 1. The molecule has 1 aliphatic rings. The molecule has 0 spiro atoms. The molecule has 1 unspecified atom stereocenters. The number of aromatic nitrogens is 1. The number of nitrogens with zero attached hydrogens (tertiary/aromatic N) is 2. The molecule has 2 aromatic rings. The molecule has 1 atom stereocenters. The molecule has 126 valence electrons. The van der Waals surface area contributed by atoms with Gasteiger partial charge in [0.2, 0.25) is 15.9 Å². The lowest BCUT2D eigenvalue weighted by Gasteiger charge is -2.21. The van der Waals surface area contributed by atoms with Crippen LogP contribution in [0.25, 0.3) is 11.1 Å². The van der Waals surface area contributed by atoms with Crippen molar-refractivity contribution in [2.24, 2.45) is 0 Å². The van der Waals surface area contributed by atoms with Gasteiger partial charge < -0.3 is 5.32 Å². The van der Waals surface area contributed by atoms with E-state index in [1.807, 2.05) is 36.4 Å². The molecule has 1 amide bonds. The van der Waals surface area contributed by atoms with Crippen LogP contribution < -0.4 is 5.32 Å². The van der Waals surface area contributed by atoms with E-state index in [0.717, 1.165) is 17.4 Å². The van der Waals surface area contributed by atoms with E-state index in [2.05, 4.69) is 10.3 Å². The number of sulfonamides is 1. The number of hydrogen-bond acceptors (Lipinski definition) is 4. The molecule has 1 saturated heterocycles. The molecule has 3 rings (SSSR count). The fraction of sp³-hybridized carbons (Fsp3) is 0.294. The molecule has 1 aliphatic heterocycles. The summed E-state index contributed by atoms with van der Waals surface area (Å²) in [5.74, 6) is 0.0814. The van der Waals surface area contributed by atoms with Gasteiger partial charge in [0.1, 0.15) is 11.9 Å². The van der Waals surface area contributed by atoms with Crippen LogP contribution in [0.5, 0.6) is 0 Å². The molecule has 0 saturated carbocycles.